The fraction of sp³-hybridized carbons (Fsp3) is 0.0455. The Balaban J connectivity index is 1.65. The molecular formula is C22H17N3OS. The normalized spacial score (nSPS) is 12.4. The summed E-state index contributed by atoms with van der Waals surface area (Å²) in [6.07, 6.45) is 2.00. The number of hydrogen-bond acceptors (Lipinski definition) is 4. The molecule has 1 unspecified atom stereocenters. The van der Waals surface area contributed by atoms with Crippen LogP contribution >= 0.6 is 11.3 Å². The van der Waals surface area contributed by atoms with E-state index >= 15 is 0 Å². The van der Waals surface area contributed by atoms with Crippen LogP contribution in [-0.4, -0.2) is 15.1 Å². The molecule has 5 heteroatoms. The molecule has 132 valence electrons. The summed E-state index contributed by atoms with van der Waals surface area (Å²) < 4.78 is 1.13. The second-order valence-electron chi connectivity index (χ2n) is 6.41. The molecule has 0 fully saturated rings. The molecule has 0 aliphatic rings. The van der Waals surface area contributed by atoms with Crippen LogP contribution in [0.25, 0.3) is 21.1 Å². The van der Waals surface area contributed by atoms with Crippen molar-refractivity contribution in [2.45, 2.75) is 6.04 Å². The number of phenolic OH excluding ortho intramolecular Hbond substituents is 1. The van der Waals surface area contributed by atoms with Gasteiger partial charge in [-0.05, 0) is 24.3 Å². The molecule has 0 radical (unpaired) electrons. The van der Waals surface area contributed by atoms with Crippen molar-refractivity contribution < 1.29 is 5.11 Å². The number of fused-ring (bicyclic) bond motifs is 2. The largest absolute Gasteiger partial charge is 0.508 e. The number of rotatable bonds is 4. The number of anilines is 1. The predicted octanol–water partition coefficient (Wildman–Crippen LogP) is 5.68. The van der Waals surface area contributed by atoms with E-state index in [0.717, 1.165) is 37.4 Å². The summed E-state index contributed by atoms with van der Waals surface area (Å²) in [5.74, 6) is 0.265. The van der Waals surface area contributed by atoms with Crippen molar-refractivity contribution in [3.63, 3.8) is 0 Å². The number of thiazole rings is 1. The van der Waals surface area contributed by atoms with Gasteiger partial charge in [0, 0.05) is 28.2 Å². The topological polar surface area (TPSA) is 60.9 Å². The van der Waals surface area contributed by atoms with Crippen LogP contribution < -0.4 is 5.32 Å². The summed E-state index contributed by atoms with van der Waals surface area (Å²) in [5, 5.41) is 16.0. The molecule has 0 saturated heterocycles. The van der Waals surface area contributed by atoms with Crippen molar-refractivity contribution in [2.24, 2.45) is 0 Å². The first-order valence-electron chi connectivity index (χ1n) is 8.75. The molecule has 4 nitrogen and oxygen atoms in total. The lowest BCUT2D eigenvalue weighted by atomic mass is 9.97. The standard InChI is InChI=1S/C22H17N3OS/c26-19-11-5-2-8-15(19)21(16-13-23-17-9-3-1-7-14(16)17)25-22-24-18-10-4-6-12-20(18)27-22/h1-13,21,23,26H,(H,24,25). The summed E-state index contributed by atoms with van der Waals surface area (Å²) in [6, 6.07) is 23.5. The van der Waals surface area contributed by atoms with E-state index in [-0.39, 0.29) is 11.8 Å². The third-order valence-corrected chi connectivity index (χ3v) is 5.71. The SMILES string of the molecule is Oc1ccccc1C(Nc1nc2ccccc2s1)c1c[nH]c2ccccc12. The molecule has 5 aromatic rings. The Morgan fingerprint density at radius 2 is 1.67 bits per heavy atom. The highest BCUT2D eigenvalue weighted by Gasteiger charge is 2.22. The molecule has 0 spiro atoms. The molecule has 0 amide bonds. The van der Waals surface area contributed by atoms with Gasteiger partial charge in [-0.25, -0.2) is 4.98 Å². The number of aromatic amines is 1. The molecule has 27 heavy (non-hydrogen) atoms. The number of para-hydroxylation sites is 3. The van der Waals surface area contributed by atoms with Crippen molar-refractivity contribution in [2.75, 3.05) is 5.32 Å². The number of benzene rings is 3. The minimum absolute atomic E-state index is 0.220. The highest BCUT2D eigenvalue weighted by molar-refractivity contribution is 7.22. The van der Waals surface area contributed by atoms with E-state index in [4.69, 9.17) is 4.98 Å². The van der Waals surface area contributed by atoms with Gasteiger partial charge in [-0.1, -0.05) is 59.9 Å². The van der Waals surface area contributed by atoms with Gasteiger partial charge in [-0.15, -0.1) is 0 Å². The average molecular weight is 371 g/mol. The molecule has 0 saturated carbocycles. The zero-order chi connectivity index (χ0) is 18.2. The van der Waals surface area contributed by atoms with E-state index in [9.17, 15) is 5.11 Å². The van der Waals surface area contributed by atoms with Crippen LogP contribution in [0.5, 0.6) is 5.75 Å². The summed E-state index contributed by atoms with van der Waals surface area (Å²) in [4.78, 5) is 8.04. The molecule has 0 bridgehead atoms. The van der Waals surface area contributed by atoms with E-state index in [1.807, 2.05) is 54.7 Å². The third kappa shape index (κ3) is 2.82. The van der Waals surface area contributed by atoms with Crippen molar-refractivity contribution in [3.05, 3.63) is 90.1 Å². The van der Waals surface area contributed by atoms with Gasteiger partial charge in [0.05, 0.1) is 16.3 Å². The number of hydrogen-bond donors (Lipinski definition) is 3. The summed E-state index contributed by atoms with van der Waals surface area (Å²) >= 11 is 1.61. The molecule has 1 atom stereocenters. The third-order valence-electron chi connectivity index (χ3n) is 4.74. The Morgan fingerprint density at radius 1 is 0.889 bits per heavy atom. The number of nitrogens with zero attached hydrogens (tertiary/aromatic N) is 1. The van der Waals surface area contributed by atoms with E-state index in [0.29, 0.717) is 0 Å². The highest BCUT2D eigenvalue weighted by atomic mass is 32.1. The van der Waals surface area contributed by atoms with Crippen molar-refractivity contribution in [1.29, 1.82) is 0 Å². The monoisotopic (exact) mass is 371 g/mol. The maximum absolute atomic E-state index is 10.5. The summed E-state index contributed by atoms with van der Waals surface area (Å²) in [5.41, 5.74) is 3.94. The molecular weight excluding hydrogens is 354 g/mol. The Bertz CT molecular complexity index is 1210. The Morgan fingerprint density at radius 3 is 2.56 bits per heavy atom. The Hall–Kier alpha value is -3.31. The minimum atomic E-state index is -0.220. The van der Waals surface area contributed by atoms with Crippen molar-refractivity contribution in [1.82, 2.24) is 9.97 Å². The predicted molar refractivity (Wildman–Crippen MR) is 111 cm³/mol. The molecule has 0 aliphatic carbocycles. The highest BCUT2D eigenvalue weighted by Crippen LogP contribution is 2.37. The van der Waals surface area contributed by atoms with Gasteiger partial charge < -0.3 is 15.4 Å². The average Bonchev–Trinajstić information content (AvgIpc) is 3.30. The zero-order valence-corrected chi connectivity index (χ0v) is 15.2. The zero-order valence-electron chi connectivity index (χ0n) is 14.4. The Labute approximate surface area is 160 Å². The van der Waals surface area contributed by atoms with Gasteiger partial charge in [-0.3, -0.25) is 0 Å². The van der Waals surface area contributed by atoms with Crippen molar-refractivity contribution >= 4 is 37.6 Å². The molecule has 2 heterocycles. The lowest BCUT2D eigenvalue weighted by molar-refractivity contribution is 0.466. The first-order chi connectivity index (χ1) is 13.3. The van der Waals surface area contributed by atoms with Gasteiger partial charge >= 0.3 is 0 Å². The van der Waals surface area contributed by atoms with Crippen LogP contribution in [0.15, 0.2) is 79.0 Å². The number of H-pyrrole nitrogens is 1. The van der Waals surface area contributed by atoms with Crippen LogP contribution in [0.4, 0.5) is 5.13 Å². The van der Waals surface area contributed by atoms with Crippen LogP contribution in [-0.2, 0) is 0 Å². The fourth-order valence-corrected chi connectivity index (χ4v) is 4.34. The van der Waals surface area contributed by atoms with E-state index in [2.05, 4.69) is 28.5 Å². The summed E-state index contributed by atoms with van der Waals surface area (Å²) in [6.45, 7) is 0. The Kier molecular flexibility index (Phi) is 3.80. The number of aromatic hydroxyl groups is 1. The van der Waals surface area contributed by atoms with Crippen LogP contribution in [0.2, 0.25) is 0 Å². The second-order valence-corrected chi connectivity index (χ2v) is 7.44. The minimum Gasteiger partial charge on any atom is -0.508 e. The first kappa shape index (κ1) is 15.9. The van der Waals surface area contributed by atoms with Crippen molar-refractivity contribution in [3.8, 4) is 5.75 Å². The van der Waals surface area contributed by atoms with Crippen LogP contribution in [0, 0.1) is 0 Å². The lowest BCUT2D eigenvalue weighted by Gasteiger charge is -2.19. The van der Waals surface area contributed by atoms with Gasteiger partial charge in [0.2, 0.25) is 0 Å². The van der Waals surface area contributed by atoms with Gasteiger partial charge in [0.15, 0.2) is 5.13 Å². The smallest absolute Gasteiger partial charge is 0.184 e. The summed E-state index contributed by atoms with van der Waals surface area (Å²) in [7, 11) is 0. The van der Waals surface area contributed by atoms with E-state index in [1.165, 1.54) is 0 Å². The van der Waals surface area contributed by atoms with E-state index < -0.39 is 0 Å². The maximum Gasteiger partial charge on any atom is 0.184 e. The lowest BCUT2D eigenvalue weighted by Crippen LogP contribution is -2.12. The van der Waals surface area contributed by atoms with Gasteiger partial charge in [0.1, 0.15) is 5.75 Å². The first-order valence-corrected chi connectivity index (χ1v) is 9.57. The van der Waals surface area contributed by atoms with E-state index in [1.54, 1.807) is 17.4 Å². The fourth-order valence-electron chi connectivity index (χ4n) is 3.44. The second kappa shape index (κ2) is 6.45. The quantitative estimate of drug-likeness (QED) is 0.381. The van der Waals surface area contributed by atoms with Gasteiger partial charge in [0.25, 0.3) is 0 Å². The molecule has 3 N–H and O–H groups in total. The van der Waals surface area contributed by atoms with Crippen LogP contribution in [0.1, 0.15) is 17.2 Å². The molecule has 5 rings (SSSR count). The van der Waals surface area contributed by atoms with Crippen LogP contribution in [0.3, 0.4) is 0 Å². The molecule has 0 aliphatic heterocycles. The number of phenols is 1. The van der Waals surface area contributed by atoms with Gasteiger partial charge in [-0.2, -0.15) is 0 Å². The number of aromatic nitrogens is 2. The molecule has 2 aromatic heterocycles. The number of nitrogens with one attached hydrogen (secondary N) is 2. The maximum atomic E-state index is 10.5. The molecule has 3 aromatic carbocycles.